The van der Waals surface area contributed by atoms with Crippen LogP contribution in [0.2, 0.25) is 0 Å². The number of carboxylic acid groups (broad SMARTS) is 1. The van der Waals surface area contributed by atoms with E-state index in [9.17, 15) is 29.1 Å². The number of hydrogen-bond acceptors (Lipinski definition) is 7. The molecule has 1 fully saturated rings. The summed E-state index contributed by atoms with van der Waals surface area (Å²) in [5.41, 5.74) is 7.51. The Hall–Kier alpha value is -4.65. The largest absolute Gasteiger partial charge is 0.480 e. The van der Waals surface area contributed by atoms with E-state index in [0.29, 0.717) is 32.2 Å². The van der Waals surface area contributed by atoms with Crippen LogP contribution in [0.4, 0.5) is 9.59 Å². The third-order valence-corrected chi connectivity index (χ3v) is 8.17. The number of carbonyl (C=O) groups excluding carboxylic acids is 4. The molecule has 262 valence electrons. The molecule has 0 bridgehead atoms. The summed E-state index contributed by atoms with van der Waals surface area (Å²) in [5.74, 6) is -2.11. The zero-order valence-corrected chi connectivity index (χ0v) is 27.8. The van der Waals surface area contributed by atoms with Crippen molar-refractivity contribution in [3.8, 4) is 0 Å². The van der Waals surface area contributed by atoms with Gasteiger partial charge in [0.05, 0.1) is 0 Å². The quantitative estimate of drug-likeness (QED) is 0.104. The van der Waals surface area contributed by atoms with Crippen LogP contribution >= 0.6 is 0 Å². The maximum absolute atomic E-state index is 13.6. The zero-order chi connectivity index (χ0) is 34.9. The van der Waals surface area contributed by atoms with Crippen molar-refractivity contribution in [3.63, 3.8) is 0 Å². The molecular formula is C35H50N6O7. The average molecular weight is 667 g/mol. The Bertz CT molecular complexity index is 1330. The van der Waals surface area contributed by atoms with Crippen LogP contribution in [0, 0.1) is 5.92 Å². The summed E-state index contributed by atoms with van der Waals surface area (Å²) in [6, 6.07) is 15.3. The number of ether oxygens (including phenoxy) is 1. The van der Waals surface area contributed by atoms with Crippen LogP contribution in [0.25, 0.3) is 0 Å². The van der Waals surface area contributed by atoms with Crippen molar-refractivity contribution in [2.24, 2.45) is 11.7 Å². The third-order valence-electron chi connectivity index (χ3n) is 8.17. The van der Waals surface area contributed by atoms with Gasteiger partial charge in [-0.1, -0.05) is 74.5 Å². The summed E-state index contributed by atoms with van der Waals surface area (Å²) in [6.45, 7) is 4.46. The van der Waals surface area contributed by atoms with Crippen molar-refractivity contribution >= 4 is 29.9 Å². The second kappa shape index (κ2) is 19.9. The molecule has 0 saturated heterocycles. The molecule has 0 radical (unpaired) electrons. The Morgan fingerprint density at radius 3 is 2.10 bits per heavy atom. The molecule has 2 aromatic carbocycles. The van der Waals surface area contributed by atoms with Crippen LogP contribution in [0.15, 0.2) is 60.7 Å². The maximum atomic E-state index is 13.6. The first-order chi connectivity index (χ1) is 23.1. The number of benzene rings is 2. The number of amides is 5. The van der Waals surface area contributed by atoms with E-state index >= 15 is 0 Å². The predicted molar refractivity (Wildman–Crippen MR) is 181 cm³/mol. The standard InChI is InChI=1S/C35H50N6O7/c1-23(2)30(32(43)38-29-21-26(29)25-15-7-4-8-16-25)41-31(42)27(39-34(46)40-28(33(44)45)18-9-11-19-36)17-10-12-20-37-35(47)48-22-24-13-5-3-6-14-24/h3-8,13-16,23,26-30H,9-12,17-22,36H2,1-2H3,(H,37,47)(H,38,43)(H,41,42)(H,44,45)(H2,39,40,46)/t26?,27-,28+,29?,30?/m1/s1. The number of alkyl carbamates (subject to hydrolysis) is 1. The van der Waals surface area contributed by atoms with Gasteiger partial charge in [-0.05, 0) is 68.5 Å². The van der Waals surface area contributed by atoms with Crippen LogP contribution < -0.4 is 32.3 Å². The van der Waals surface area contributed by atoms with Crippen molar-refractivity contribution in [2.75, 3.05) is 13.1 Å². The van der Waals surface area contributed by atoms with Gasteiger partial charge in [-0.2, -0.15) is 0 Å². The molecule has 8 N–H and O–H groups in total. The van der Waals surface area contributed by atoms with E-state index in [2.05, 4.69) is 26.6 Å². The van der Waals surface area contributed by atoms with Gasteiger partial charge in [-0.15, -0.1) is 0 Å². The van der Waals surface area contributed by atoms with Crippen molar-refractivity contribution in [1.82, 2.24) is 26.6 Å². The molecule has 1 aliphatic rings. The Kier molecular flexibility index (Phi) is 15.7. The van der Waals surface area contributed by atoms with E-state index in [-0.39, 0.29) is 49.8 Å². The second-order valence-electron chi connectivity index (χ2n) is 12.4. The number of nitrogens with one attached hydrogen (secondary N) is 5. The summed E-state index contributed by atoms with van der Waals surface area (Å²) in [7, 11) is 0. The summed E-state index contributed by atoms with van der Waals surface area (Å²) >= 11 is 0. The Balaban J connectivity index is 1.56. The minimum Gasteiger partial charge on any atom is -0.480 e. The number of rotatable bonds is 20. The molecule has 0 aromatic heterocycles. The molecule has 5 atom stereocenters. The first-order valence-electron chi connectivity index (χ1n) is 16.7. The van der Waals surface area contributed by atoms with Gasteiger partial charge in [0, 0.05) is 18.5 Å². The molecule has 5 amide bonds. The van der Waals surface area contributed by atoms with Crippen LogP contribution in [0.1, 0.15) is 75.8 Å². The fraction of sp³-hybridized carbons (Fsp3) is 0.514. The minimum atomic E-state index is -1.20. The lowest BCUT2D eigenvalue weighted by Crippen LogP contribution is -2.57. The van der Waals surface area contributed by atoms with Crippen molar-refractivity contribution in [1.29, 1.82) is 0 Å². The van der Waals surface area contributed by atoms with Gasteiger partial charge in [0.2, 0.25) is 11.8 Å². The highest BCUT2D eigenvalue weighted by molar-refractivity contribution is 5.92. The van der Waals surface area contributed by atoms with Crippen molar-refractivity contribution in [2.45, 2.75) is 95.5 Å². The summed E-state index contributed by atoms with van der Waals surface area (Å²) in [5, 5.41) is 23.1. The fourth-order valence-corrected chi connectivity index (χ4v) is 5.30. The van der Waals surface area contributed by atoms with Gasteiger partial charge in [0.25, 0.3) is 0 Å². The lowest BCUT2D eigenvalue weighted by molar-refractivity contribution is -0.139. The Labute approximate surface area is 282 Å². The minimum absolute atomic E-state index is 0.0307. The number of carboxylic acids is 1. The molecule has 3 rings (SSSR count). The third kappa shape index (κ3) is 13.2. The Morgan fingerprint density at radius 2 is 1.46 bits per heavy atom. The molecule has 0 aliphatic heterocycles. The molecular weight excluding hydrogens is 616 g/mol. The fourth-order valence-electron chi connectivity index (χ4n) is 5.30. The number of carbonyl (C=O) groups is 5. The van der Waals surface area contributed by atoms with Crippen LogP contribution in [0.5, 0.6) is 0 Å². The van der Waals surface area contributed by atoms with Crippen molar-refractivity contribution in [3.05, 3.63) is 71.8 Å². The van der Waals surface area contributed by atoms with E-state index in [1.54, 1.807) is 0 Å². The molecule has 1 saturated carbocycles. The highest BCUT2D eigenvalue weighted by Crippen LogP contribution is 2.40. The molecule has 48 heavy (non-hydrogen) atoms. The number of nitrogens with two attached hydrogens (primary N) is 1. The second-order valence-corrected chi connectivity index (χ2v) is 12.4. The molecule has 13 nitrogen and oxygen atoms in total. The molecule has 3 unspecified atom stereocenters. The molecule has 0 heterocycles. The van der Waals surface area contributed by atoms with Crippen LogP contribution in [-0.4, -0.2) is 72.3 Å². The number of unbranched alkanes of at least 4 members (excludes halogenated alkanes) is 2. The van der Waals surface area contributed by atoms with Gasteiger partial charge in [0.15, 0.2) is 0 Å². The van der Waals surface area contributed by atoms with E-state index < -0.39 is 42.1 Å². The van der Waals surface area contributed by atoms with Crippen molar-refractivity contribution < 1.29 is 33.8 Å². The summed E-state index contributed by atoms with van der Waals surface area (Å²) < 4.78 is 5.22. The van der Waals surface area contributed by atoms with Gasteiger partial charge in [0.1, 0.15) is 24.7 Å². The maximum Gasteiger partial charge on any atom is 0.407 e. The lowest BCUT2D eigenvalue weighted by atomic mass is 10.0. The highest BCUT2D eigenvalue weighted by atomic mass is 16.5. The number of aliphatic carboxylic acids is 1. The van der Waals surface area contributed by atoms with Crippen LogP contribution in [-0.2, 0) is 25.7 Å². The summed E-state index contributed by atoms with van der Waals surface area (Å²) in [6.07, 6.45) is 2.61. The Morgan fingerprint density at radius 1 is 0.833 bits per heavy atom. The smallest absolute Gasteiger partial charge is 0.407 e. The van der Waals surface area contributed by atoms with Gasteiger partial charge < -0.3 is 42.2 Å². The highest BCUT2D eigenvalue weighted by Gasteiger charge is 2.41. The number of urea groups is 1. The topological polar surface area (TPSA) is 201 Å². The SMILES string of the molecule is CC(C)C(NC(=O)[C@@H](CCCCNC(=O)OCc1ccccc1)NC(=O)N[C@@H](CCCCN)C(=O)O)C(=O)NC1CC1c1ccccc1. The van der Waals surface area contributed by atoms with Gasteiger partial charge >= 0.3 is 18.1 Å². The van der Waals surface area contributed by atoms with E-state index in [1.807, 2.05) is 74.5 Å². The first-order valence-corrected chi connectivity index (χ1v) is 16.7. The number of hydrogen-bond donors (Lipinski definition) is 7. The van der Waals surface area contributed by atoms with E-state index in [1.165, 1.54) is 0 Å². The first kappa shape index (κ1) is 37.8. The zero-order valence-electron chi connectivity index (χ0n) is 27.8. The average Bonchev–Trinajstić information content (AvgIpc) is 3.84. The van der Waals surface area contributed by atoms with Gasteiger partial charge in [-0.3, -0.25) is 9.59 Å². The van der Waals surface area contributed by atoms with E-state index in [0.717, 1.165) is 17.5 Å². The van der Waals surface area contributed by atoms with E-state index in [4.69, 9.17) is 10.5 Å². The van der Waals surface area contributed by atoms with Crippen LogP contribution in [0.3, 0.4) is 0 Å². The normalized spacial score (nSPS) is 16.9. The predicted octanol–water partition coefficient (Wildman–Crippen LogP) is 3.15. The molecule has 1 aliphatic carbocycles. The van der Waals surface area contributed by atoms with Gasteiger partial charge in [-0.25, -0.2) is 14.4 Å². The molecule has 13 heteroatoms. The lowest BCUT2D eigenvalue weighted by Gasteiger charge is -2.26. The monoisotopic (exact) mass is 666 g/mol. The molecule has 0 spiro atoms. The molecule has 2 aromatic rings. The summed E-state index contributed by atoms with van der Waals surface area (Å²) in [4.78, 5) is 63.6.